The van der Waals surface area contributed by atoms with Crippen molar-refractivity contribution >= 4 is 5.69 Å². The fraction of sp³-hybridized carbons (Fsp3) is 0.684. The molecule has 0 saturated carbocycles. The number of unbranched alkanes of at least 4 members (excludes halogenated alkanes) is 1. The van der Waals surface area contributed by atoms with Gasteiger partial charge in [0.2, 0.25) is 0 Å². The first-order valence-electron chi connectivity index (χ1n) is 8.74. The van der Waals surface area contributed by atoms with Crippen molar-refractivity contribution in [1.82, 2.24) is 5.32 Å². The molecule has 0 aliphatic rings. The molecule has 2 heteroatoms. The molecule has 1 aromatic carbocycles. The van der Waals surface area contributed by atoms with Crippen molar-refractivity contribution in [3.63, 3.8) is 0 Å². The van der Waals surface area contributed by atoms with Gasteiger partial charge in [-0.05, 0) is 51.3 Å². The molecule has 1 N–H and O–H groups in total. The number of nitrogens with one attached hydrogen (secondary N) is 1. The van der Waals surface area contributed by atoms with Crippen LogP contribution in [0.4, 0.5) is 5.69 Å². The van der Waals surface area contributed by atoms with Crippen LogP contribution in [0.5, 0.6) is 0 Å². The van der Waals surface area contributed by atoms with Crippen LogP contribution in [0, 0.1) is 0 Å². The van der Waals surface area contributed by atoms with Crippen molar-refractivity contribution in [2.45, 2.75) is 72.4 Å². The maximum Gasteiger partial charge on any atom is 0.0417 e. The minimum atomic E-state index is 0.411. The molecule has 2 unspecified atom stereocenters. The number of para-hydroxylation sites is 1. The first-order valence-corrected chi connectivity index (χ1v) is 8.74. The van der Waals surface area contributed by atoms with Gasteiger partial charge in [-0.15, -0.1) is 0 Å². The molecule has 0 bridgehead atoms. The summed E-state index contributed by atoms with van der Waals surface area (Å²) >= 11 is 0. The van der Waals surface area contributed by atoms with Gasteiger partial charge in [0, 0.05) is 24.3 Å². The Labute approximate surface area is 131 Å². The summed E-state index contributed by atoms with van der Waals surface area (Å²) in [6.07, 6.45) is 4.88. The summed E-state index contributed by atoms with van der Waals surface area (Å²) in [5.41, 5.74) is 2.85. The number of benzene rings is 1. The van der Waals surface area contributed by atoms with E-state index in [1.807, 2.05) is 0 Å². The van der Waals surface area contributed by atoms with E-state index in [1.165, 1.54) is 36.9 Å². The Balaban J connectivity index is 3.00. The molecule has 0 amide bonds. The molecule has 1 rings (SSSR count). The summed E-state index contributed by atoms with van der Waals surface area (Å²) in [5.74, 6) is 0. The van der Waals surface area contributed by atoms with Gasteiger partial charge in [-0.25, -0.2) is 0 Å². The first kappa shape index (κ1) is 18.0. The first-order chi connectivity index (χ1) is 10.2. The molecule has 0 heterocycles. The van der Waals surface area contributed by atoms with E-state index >= 15 is 0 Å². The second-order valence-electron chi connectivity index (χ2n) is 6.04. The smallest absolute Gasteiger partial charge is 0.0417 e. The molecule has 2 atom stereocenters. The predicted molar refractivity (Wildman–Crippen MR) is 95.2 cm³/mol. The largest absolute Gasteiger partial charge is 0.369 e. The van der Waals surface area contributed by atoms with Crippen LogP contribution in [-0.4, -0.2) is 19.1 Å². The highest BCUT2D eigenvalue weighted by Gasteiger charge is 2.18. The third kappa shape index (κ3) is 5.35. The van der Waals surface area contributed by atoms with Crippen molar-refractivity contribution in [2.75, 3.05) is 18.0 Å². The summed E-state index contributed by atoms with van der Waals surface area (Å²) < 4.78 is 0. The lowest BCUT2D eigenvalue weighted by Crippen LogP contribution is -2.35. The lowest BCUT2D eigenvalue weighted by atomic mass is 10.0. The molecule has 0 spiro atoms. The third-order valence-electron chi connectivity index (χ3n) is 4.29. The molecular weight excluding hydrogens is 256 g/mol. The van der Waals surface area contributed by atoms with Crippen molar-refractivity contribution in [3.8, 4) is 0 Å². The number of hydrogen-bond donors (Lipinski definition) is 1. The third-order valence-corrected chi connectivity index (χ3v) is 4.29. The van der Waals surface area contributed by atoms with Gasteiger partial charge in [-0.3, -0.25) is 0 Å². The standard InChI is InChI=1S/C19H34N2/c1-6-9-15-21(16(4)8-3)19-13-11-10-12-18(19)17(5)20-14-7-2/h10-13,16-17,20H,6-9,14-15H2,1-5H3. The molecule has 21 heavy (non-hydrogen) atoms. The predicted octanol–water partition coefficient (Wildman–Crippen LogP) is 5.15. The lowest BCUT2D eigenvalue weighted by Gasteiger charge is -2.34. The van der Waals surface area contributed by atoms with Crippen LogP contribution in [0.2, 0.25) is 0 Å². The lowest BCUT2D eigenvalue weighted by molar-refractivity contribution is 0.556. The van der Waals surface area contributed by atoms with E-state index < -0.39 is 0 Å². The van der Waals surface area contributed by atoms with Crippen LogP contribution in [0.1, 0.15) is 71.9 Å². The quantitative estimate of drug-likeness (QED) is 0.641. The molecule has 2 nitrogen and oxygen atoms in total. The van der Waals surface area contributed by atoms with Crippen LogP contribution in [0.25, 0.3) is 0 Å². The zero-order valence-electron chi connectivity index (χ0n) is 14.7. The SMILES string of the molecule is CCCCN(c1ccccc1C(C)NCCC)C(C)CC. The molecule has 0 aromatic heterocycles. The number of nitrogens with zero attached hydrogens (tertiary/aromatic N) is 1. The summed E-state index contributed by atoms with van der Waals surface area (Å²) in [6.45, 7) is 13.6. The van der Waals surface area contributed by atoms with Gasteiger partial charge in [-0.2, -0.15) is 0 Å². The van der Waals surface area contributed by atoms with E-state index in [4.69, 9.17) is 0 Å². The van der Waals surface area contributed by atoms with Crippen LogP contribution in [0.3, 0.4) is 0 Å². The van der Waals surface area contributed by atoms with Gasteiger partial charge < -0.3 is 10.2 Å². The molecule has 0 fully saturated rings. The minimum absolute atomic E-state index is 0.411. The van der Waals surface area contributed by atoms with Gasteiger partial charge in [0.05, 0.1) is 0 Å². The highest BCUT2D eigenvalue weighted by atomic mass is 15.2. The van der Waals surface area contributed by atoms with E-state index in [0.29, 0.717) is 12.1 Å². The summed E-state index contributed by atoms with van der Waals surface area (Å²) in [5, 5.41) is 3.63. The average molecular weight is 290 g/mol. The summed E-state index contributed by atoms with van der Waals surface area (Å²) in [7, 11) is 0. The van der Waals surface area contributed by atoms with Gasteiger partial charge in [0.15, 0.2) is 0 Å². The Kier molecular flexibility index (Phi) is 8.44. The van der Waals surface area contributed by atoms with E-state index in [9.17, 15) is 0 Å². The Morgan fingerprint density at radius 3 is 2.38 bits per heavy atom. The Hall–Kier alpha value is -1.02. The Morgan fingerprint density at radius 1 is 1.05 bits per heavy atom. The van der Waals surface area contributed by atoms with Gasteiger partial charge >= 0.3 is 0 Å². The van der Waals surface area contributed by atoms with Crippen molar-refractivity contribution < 1.29 is 0 Å². The topological polar surface area (TPSA) is 15.3 Å². The van der Waals surface area contributed by atoms with Crippen LogP contribution in [0.15, 0.2) is 24.3 Å². The van der Waals surface area contributed by atoms with E-state index in [1.54, 1.807) is 0 Å². The normalized spacial score (nSPS) is 14.0. The zero-order chi connectivity index (χ0) is 15.7. The van der Waals surface area contributed by atoms with Crippen LogP contribution in [-0.2, 0) is 0 Å². The van der Waals surface area contributed by atoms with Crippen molar-refractivity contribution in [3.05, 3.63) is 29.8 Å². The zero-order valence-corrected chi connectivity index (χ0v) is 14.7. The van der Waals surface area contributed by atoms with E-state index in [2.05, 4.69) is 69.1 Å². The highest BCUT2D eigenvalue weighted by molar-refractivity contribution is 5.55. The molecule has 0 aliphatic heterocycles. The van der Waals surface area contributed by atoms with Gasteiger partial charge in [0.1, 0.15) is 0 Å². The van der Waals surface area contributed by atoms with Gasteiger partial charge in [0.25, 0.3) is 0 Å². The Bertz CT molecular complexity index is 389. The van der Waals surface area contributed by atoms with E-state index in [0.717, 1.165) is 13.1 Å². The fourth-order valence-electron chi connectivity index (χ4n) is 2.71. The van der Waals surface area contributed by atoms with Crippen LogP contribution < -0.4 is 10.2 Å². The molecule has 120 valence electrons. The average Bonchev–Trinajstić information content (AvgIpc) is 2.53. The maximum atomic E-state index is 3.63. The molecule has 0 radical (unpaired) electrons. The summed E-state index contributed by atoms with van der Waals surface area (Å²) in [6, 6.07) is 9.92. The number of rotatable bonds is 10. The molecular formula is C19H34N2. The van der Waals surface area contributed by atoms with Crippen molar-refractivity contribution in [2.24, 2.45) is 0 Å². The fourth-order valence-corrected chi connectivity index (χ4v) is 2.71. The number of hydrogen-bond acceptors (Lipinski definition) is 2. The highest BCUT2D eigenvalue weighted by Crippen LogP contribution is 2.28. The monoisotopic (exact) mass is 290 g/mol. The molecule has 1 aromatic rings. The molecule has 0 saturated heterocycles. The summed E-state index contributed by atoms with van der Waals surface area (Å²) in [4.78, 5) is 2.60. The molecule has 0 aliphatic carbocycles. The second-order valence-corrected chi connectivity index (χ2v) is 6.04. The van der Waals surface area contributed by atoms with Crippen molar-refractivity contribution in [1.29, 1.82) is 0 Å². The van der Waals surface area contributed by atoms with E-state index in [-0.39, 0.29) is 0 Å². The maximum absolute atomic E-state index is 3.63. The van der Waals surface area contributed by atoms with Gasteiger partial charge in [-0.1, -0.05) is 45.4 Å². The number of anilines is 1. The minimum Gasteiger partial charge on any atom is -0.369 e. The van der Waals surface area contributed by atoms with Crippen LogP contribution >= 0.6 is 0 Å². The Morgan fingerprint density at radius 2 is 1.76 bits per heavy atom. The second kappa shape index (κ2) is 9.83.